The van der Waals surface area contributed by atoms with Gasteiger partial charge in [-0.2, -0.15) is 4.98 Å². The SMILES string of the molecule is CC1(C)Cc2c(sc3nc(N/C(C=S)=C/N)nc(OC4CCC(N5CCOCC5)CC4)c23)CO1. The van der Waals surface area contributed by atoms with Crippen molar-refractivity contribution in [1.82, 2.24) is 14.9 Å². The van der Waals surface area contributed by atoms with Crippen LogP contribution < -0.4 is 15.8 Å². The van der Waals surface area contributed by atoms with Crippen molar-refractivity contribution < 1.29 is 14.2 Å². The van der Waals surface area contributed by atoms with Crippen molar-refractivity contribution in [3.05, 3.63) is 22.3 Å². The van der Waals surface area contributed by atoms with Crippen molar-refractivity contribution in [3.8, 4) is 5.88 Å². The molecule has 0 radical (unpaired) electrons. The van der Waals surface area contributed by atoms with E-state index in [9.17, 15) is 0 Å². The molecule has 2 aromatic heterocycles. The van der Waals surface area contributed by atoms with Crippen LogP contribution in [0.1, 0.15) is 50.0 Å². The fourth-order valence-corrected chi connectivity index (χ4v) is 6.35. The van der Waals surface area contributed by atoms with Gasteiger partial charge in [-0.1, -0.05) is 12.2 Å². The number of rotatable bonds is 6. The van der Waals surface area contributed by atoms with Crippen LogP contribution in [0.15, 0.2) is 11.9 Å². The molecule has 10 heteroatoms. The van der Waals surface area contributed by atoms with Crippen molar-refractivity contribution in [2.45, 2.75) is 70.3 Å². The van der Waals surface area contributed by atoms with E-state index >= 15 is 0 Å². The van der Waals surface area contributed by atoms with E-state index in [0.717, 1.165) is 68.6 Å². The van der Waals surface area contributed by atoms with Gasteiger partial charge in [0.15, 0.2) is 0 Å². The number of nitrogens with two attached hydrogens (primary N) is 1. The fourth-order valence-electron chi connectivity index (χ4n) is 5.12. The molecule has 0 aromatic carbocycles. The molecule has 5 rings (SSSR count). The van der Waals surface area contributed by atoms with Crippen molar-refractivity contribution in [3.63, 3.8) is 0 Å². The van der Waals surface area contributed by atoms with E-state index in [1.54, 1.807) is 11.3 Å². The first-order valence-electron chi connectivity index (χ1n) is 12.0. The maximum absolute atomic E-state index is 6.63. The van der Waals surface area contributed by atoms with E-state index in [2.05, 4.69) is 24.1 Å². The van der Waals surface area contributed by atoms with E-state index in [4.69, 9.17) is 42.1 Å². The average molecular weight is 504 g/mol. The predicted octanol–water partition coefficient (Wildman–Crippen LogP) is 3.78. The lowest BCUT2D eigenvalue weighted by atomic mass is 9.91. The molecule has 2 aromatic rings. The number of fused-ring (bicyclic) bond motifs is 3. The topological polar surface area (TPSA) is 94.8 Å². The van der Waals surface area contributed by atoms with Gasteiger partial charge in [-0.15, -0.1) is 11.3 Å². The van der Waals surface area contributed by atoms with Gasteiger partial charge in [-0.25, -0.2) is 4.98 Å². The Morgan fingerprint density at radius 3 is 2.71 bits per heavy atom. The molecule has 4 heterocycles. The molecule has 0 bridgehead atoms. The second-order valence-electron chi connectivity index (χ2n) is 9.82. The van der Waals surface area contributed by atoms with Crippen LogP contribution in [0.4, 0.5) is 5.95 Å². The molecule has 0 unspecified atom stereocenters. The summed E-state index contributed by atoms with van der Waals surface area (Å²) in [5.41, 5.74) is 7.29. The van der Waals surface area contributed by atoms with Crippen molar-refractivity contribution >= 4 is 45.1 Å². The highest BCUT2D eigenvalue weighted by atomic mass is 32.1. The lowest BCUT2D eigenvalue weighted by Gasteiger charge is -2.38. The zero-order valence-electron chi connectivity index (χ0n) is 19.8. The summed E-state index contributed by atoms with van der Waals surface area (Å²) in [6.45, 7) is 8.60. The maximum atomic E-state index is 6.63. The Morgan fingerprint density at radius 2 is 2.00 bits per heavy atom. The van der Waals surface area contributed by atoms with Crippen LogP contribution in [-0.2, 0) is 22.5 Å². The molecule has 1 saturated heterocycles. The number of hydrogen-bond donors (Lipinski definition) is 2. The van der Waals surface area contributed by atoms with Gasteiger partial charge in [-0.05, 0) is 45.1 Å². The molecule has 2 aliphatic heterocycles. The van der Waals surface area contributed by atoms with Crippen molar-refractivity contribution in [1.29, 1.82) is 0 Å². The van der Waals surface area contributed by atoms with Crippen LogP contribution in [0.2, 0.25) is 0 Å². The molecule has 1 aliphatic carbocycles. The van der Waals surface area contributed by atoms with E-state index in [0.29, 0.717) is 30.2 Å². The molecule has 184 valence electrons. The summed E-state index contributed by atoms with van der Waals surface area (Å²) in [7, 11) is 0. The number of morpholine rings is 1. The molecular weight excluding hydrogens is 470 g/mol. The van der Waals surface area contributed by atoms with Crippen LogP contribution in [-0.4, -0.2) is 64.3 Å². The Morgan fingerprint density at radius 1 is 1.24 bits per heavy atom. The minimum atomic E-state index is -0.224. The first-order valence-corrected chi connectivity index (χ1v) is 13.3. The summed E-state index contributed by atoms with van der Waals surface area (Å²) < 4.78 is 18.2. The predicted molar refractivity (Wildman–Crippen MR) is 139 cm³/mol. The van der Waals surface area contributed by atoms with Gasteiger partial charge in [0.1, 0.15) is 10.9 Å². The maximum Gasteiger partial charge on any atom is 0.231 e. The van der Waals surface area contributed by atoms with Crippen LogP contribution in [0.5, 0.6) is 5.88 Å². The second-order valence-corrected chi connectivity index (χ2v) is 11.1. The van der Waals surface area contributed by atoms with Crippen molar-refractivity contribution in [2.75, 3.05) is 31.6 Å². The number of allylic oxidation sites excluding steroid dienone is 1. The third-order valence-electron chi connectivity index (χ3n) is 6.94. The third kappa shape index (κ3) is 5.06. The van der Waals surface area contributed by atoms with Crippen LogP contribution in [0.25, 0.3) is 10.2 Å². The highest BCUT2D eigenvalue weighted by Crippen LogP contribution is 2.43. The summed E-state index contributed by atoms with van der Waals surface area (Å²) >= 11 is 6.69. The normalized spacial score (nSPS) is 25.6. The van der Waals surface area contributed by atoms with Crippen LogP contribution in [0, 0.1) is 0 Å². The van der Waals surface area contributed by atoms with E-state index in [1.165, 1.54) is 22.0 Å². The number of thiocarbonyl (C=S) groups is 1. The van der Waals surface area contributed by atoms with E-state index in [-0.39, 0.29) is 11.7 Å². The summed E-state index contributed by atoms with van der Waals surface area (Å²) in [4.78, 5) is 14.3. The van der Waals surface area contributed by atoms with Gasteiger partial charge in [0.25, 0.3) is 0 Å². The van der Waals surface area contributed by atoms with Gasteiger partial charge in [0.2, 0.25) is 11.8 Å². The Bertz CT molecular complexity index is 1070. The van der Waals surface area contributed by atoms with Gasteiger partial charge in [0, 0.05) is 42.0 Å². The minimum Gasteiger partial charge on any atom is -0.474 e. The standard InChI is InChI=1S/C24H33N5O3S2/c1-24(2)11-18-19(13-31-24)34-22-20(18)21(27-23(28-22)26-15(12-25)14-33)32-17-5-3-16(4-6-17)29-7-9-30-10-8-29/h12,14,16-17H,3-11,13,25H2,1-2H3,(H,26,27,28)/b15-12+. The zero-order valence-corrected chi connectivity index (χ0v) is 21.5. The monoisotopic (exact) mass is 503 g/mol. The molecule has 8 nitrogen and oxygen atoms in total. The van der Waals surface area contributed by atoms with Gasteiger partial charge in [-0.3, -0.25) is 4.90 Å². The third-order valence-corrected chi connectivity index (χ3v) is 8.30. The molecular formula is C24H33N5O3S2. The lowest BCUT2D eigenvalue weighted by Crippen LogP contribution is -2.46. The van der Waals surface area contributed by atoms with Gasteiger partial charge < -0.3 is 25.3 Å². The lowest BCUT2D eigenvalue weighted by molar-refractivity contribution is -0.0379. The second kappa shape index (κ2) is 10.0. The van der Waals surface area contributed by atoms with Gasteiger partial charge in [0.05, 0.1) is 36.5 Å². The molecule has 0 atom stereocenters. The smallest absolute Gasteiger partial charge is 0.231 e. The fraction of sp³-hybridized carbons (Fsp3) is 0.625. The molecule has 0 amide bonds. The highest BCUT2D eigenvalue weighted by molar-refractivity contribution is 7.79. The van der Waals surface area contributed by atoms with Crippen LogP contribution >= 0.6 is 23.6 Å². The molecule has 0 spiro atoms. The van der Waals surface area contributed by atoms with Gasteiger partial charge >= 0.3 is 0 Å². The van der Waals surface area contributed by atoms with Crippen LogP contribution in [0.3, 0.4) is 0 Å². The number of hydrogen-bond acceptors (Lipinski definition) is 10. The average Bonchev–Trinajstić information content (AvgIpc) is 3.20. The number of thiophene rings is 1. The minimum absolute atomic E-state index is 0.140. The van der Waals surface area contributed by atoms with E-state index < -0.39 is 0 Å². The Balaban J connectivity index is 1.41. The zero-order chi connectivity index (χ0) is 23.7. The number of anilines is 1. The first kappa shape index (κ1) is 23.9. The first-order chi connectivity index (χ1) is 16.5. The molecule has 1 saturated carbocycles. The molecule has 3 aliphatic rings. The number of nitrogens with one attached hydrogen (secondary N) is 1. The largest absolute Gasteiger partial charge is 0.474 e. The number of ether oxygens (including phenoxy) is 3. The Hall–Kier alpha value is -1.85. The molecule has 2 fully saturated rings. The highest BCUT2D eigenvalue weighted by Gasteiger charge is 2.33. The Labute approximate surface area is 209 Å². The summed E-state index contributed by atoms with van der Waals surface area (Å²) in [6, 6.07) is 0.623. The summed E-state index contributed by atoms with van der Waals surface area (Å²) in [5, 5.41) is 5.63. The Kier molecular flexibility index (Phi) is 7.04. The summed E-state index contributed by atoms with van der Waals surface area (Å²) in [5.74, 6) is 1.10. The number of nitrogens with zero attached hydrogens (tertiary/aromatic N) is 3. The summed E-state index contributed by atoms with van der Waals surface area (Å²) in [6.07, 6.45) is 6.68. The molecule has 3 N–H and O–H groups in total. The molecule has 34 heavy (non-hydrogen) atoms. The quantitative estimate of drug-likeness (QED) is 0.451. The number of aromatic nitrogens is 2. The van der Waals surface area contributed by atoms with Crippen molar-refractivity contribution in [2.24, 2.45) is 5.73 Å². The van der Waals surface area contributed by atoms with E-state index in [1.807, 2.05) is 0 Å².